The van der Waals surface area contributed by atoms with Gasteiger partial charge in [0, 0.05) is 11.1 Å². The van der Waals surface area contributed by atoms with Gasteiger partial charge in [0.15, 0.2) is 0 Å². The maximum atomic E-state index is 11.0. The molecule has 0 N–H and O–H groups in total. The molecule has 0 bridgehead atoms. The lowest BCUT2D eigenvalue weighted by Crippen LogP contribution is -2.28. The summed E-state index contributed by atoms with van der Waals surface area (Å²) >= 11 is 0. The Hall–Kier alpha value is -1.62. The number of nitrogens with zero attached hydrogens (tertiary/aromatic N) is 1. The van der Waals surface area contributed by atoms with Crippen LogP contribution in [0.15, 0.2) is 24.3 Å². The van der Waals surface area contributed by atoms with E-state index in [0.717, 1.165) is 0 Å². The zero-order chi connectivity index (χ0) is 12.7. The first-order valence-electron chi connectivity index (χ1n) is 4.68. The van der Waals surface area contributed by atoms with Crippen molar-refractivity contribution in [2.24, 2.45) is 0 Å². The molecule has 0 rings (SSSR count). The summed E-state index contributed by atoms with van der Waals surface area (Å²) in [5.41, 5.74) is 0.652. The number of ether oxygens (including phenoxy) is 2. The molecule has 0 atom stereocenters. The first-order valence-corrected chi connectivity index (χ1v) is 4.68. The van der Waals surface area contributed by atoms with Crippen LogP contribution in [-0.4, -0.2) is 37.3 Å². The van der Waals surface area contributed by atoms with Crippen molar-refractivity contribution in [1.29, 1.82) is 0 Å². The normalized spacial score (nSPS) is 9.75. The molecule has 0 saturated carbocycles. The molecular formula is C11H17NO4. The van der Waals surface area contributed by atoms with E-state index in [4.69, 9.17) is 9.47 Å². The second-order valence-electron chi connectivity index (χ2n) is 3.54. The molecular weight excluding hydrogens is 210 g/mol. The van der Waals surface area contributed by atoms with E-state index in [1.54, 1.807) is 20.9 Å². The lowest BCUT2D eigenvalue weighted by Gasteiger charge is -2.16. The summed E-state index contributed by atoms with van der Waals surface area (Å²) in [5.74, 6) is -0.948. The third-order valence-electron chi connectivity index (χ3n) is 1.53. The minimum absolute atomic E-state index is 0.0369. The van der Waals surface area contributed by atoms with Crippen molar-refractivity contribution in [1.82, 2.24) is 4.90 Å². The number of carbonyl (C=O) groups excluding carboxylic acids is 2. The van der Waals surface area contributed by atoms with E-state index in [0.29, 0.717) is 11.1 Å². The van der Waals surface area contributed by atoms with Crippen LogP contribution in [0.4, 0.5) is 0 Å². The van der Waals surface area contributed by atoms with Gasteiger partial charge in [0.1, 0.15) is 13.5 Å². The Balaban J connectivity index is 3.79. The minimum atomic E-state index is -0.474. The standard InChI is InChI=1S/C11H17NO4/c1-8(2)10(13)15-6-12(5)7-16-11(14)9(3)4/h1,3,6-7H2,2,4-5H3. The first-order chi connectivity index (χ1) is 7.34. The molecule has 0 aromatic rings. The van der Waals surface area contributed by atoms with Gasteiger partial charge in [-0.15, -0.1) is 0 Å². The summed E-state index contributed by atoms with van der Waals surface area (Å²) in [4.78, 5) is 23.6. The van der Waals surface area contributed by atoms with Crippen LogP contribution < -0.4 is 0 Å². The SMILES string of the molecule is C=C(C)C(=O)OCN(C)COC(=O)C(=C)C. The van der Waals surface area contributed by atoms with Crippen LogP contribution in [0.3, 0.4) is 0 Å². The molecule has 0 fully saturated rings. The van der Waals surface area contributed by atoms with Gasteiger partial charge in [-0.25, -0.2) is 14.5 Å². The maximum Gasteiger partial charge on any atom is 0.334 e. The van der Waals surface area contributed by atoms with Crippen LogP contribution in [-0.2, 0) is 19.1 Å². The van der Waals surface area contributed by atoms with E-state index in [1.807, 2.05) is 0 Å². The fourth-order valence-electron chi connectivity index (χ4n) is 0.621. The molecule has 0 aliphatic carbocycles. The van der Waals surface area contributed by atoms with Crippen LogP contribution in [0.25, 0.3) is 0 Å². The smallest absolute Gasteiger partial charge is 0.334 e. The second kappa shape index (κ2) is 6.79. The molecule has 0 amide bonds. The molecule has 0 aromatic carbocycles. The summed E-state index contributed by atoms with van der Waals surface area (Å²) in [6, 6.07) is 0. The lowest BCUT2D eigenvalue weighted by molar-refractivity contribution is -0.150. The molecule has 16 heavy (non-hydrogen) atoms. The molecule has 0 aromatic heterocycles. The zero-order valence-electron chi connectivity index (χ0n) is 9.91. The highest BCUT2D eigenvalue weighted by Crippen LogP contribution is 1.96. The Kier molecular flexibility index (Phi) is 6.10. The van der Waals surface area contributed by atoms with Crippen LogP contribution in [0, 0.1) is 0 Å². The van der Waals surface area contributed by atoms with Crippen molar-refractivity contribution in [3.05, 3.63) is 24.3 Å². The first kappa shape index (κ1) is 14.4. The molecule has 5 nitrogen and oxygen atoms in total. The number of carbonyl (C=O) groups is 2. The molecule has 5 heteroatoms. The van der Waals surface area contributed by atoms with E-state index in [-0.39, 0.29) is 13.5 Å². The van der Waals surface area contributed by atoms with Crippen molar-refractivity contribution in [3.63, 3.8) is 0 Å². The van der Waals surface area contributed by atoms with Crippen LogP contribution >= 0.6 is 0 Å². The zero-order valence-corrected chi connectivity index (χ0v) is 9.91. The third kappa shape index (κ3) is 5.98. The van der Waals surface area contributed by atoms with Gasteiger partial charge < -0.3 is 9.47 Å². The Morgan fingerprint density at radius 2 is 1.31 bits per heavy atom. The minimum Gasteiger partial charge on any atom is -0.446 e. The van der Waals surface area contributed by atoms with Gasteiger partial charge >= 0.3 is 11.9 Å². The summed E-state index contributed by atoms with van der Waals surface area (Å²) in [6.45, 7) is 10.1. The largest absolute Gasteiger partial charge is 0.446 e. The molecule has 0 spiro atoms. The van der Waals surface area contributed by atoms with Gasteiger partial charge in [-0.1, -0.05) is 13.2 Å². The Morgan fingerprint density at radius 3 is 1.56 bits per heavy atom. The van der Waals surface area contributed by atoms with E-state index < -0.39 is 11.9 Å². The average Bonchev–Trinajstić information content (AvgIpc) is 2.21. The van der Waals surface area contributed by atoms with E-state index in [9.17, 15) is 9.59 Å². The van der Waals surface area contributed by atoms with Gasteiger partial charge in [-0.3, -0.25) is 0 Å². The van der Waals surface area contributed by atoms with Gasteiger partial charge in [0.2, 0.25) is 0 Å². The van der Waals surface area contributed by atoms with E-state index in [1.165, 1.54) is 4.90 Å². The van der Waals surface area contributed by atoms with Gasteiger partial charge in [-0.2, -0.15) is 0 Å². The Labute approximate surface area is 95.3 Å². The fraction of sp³-hybridized carbons (Fsp3) is 0.455. The number of hydrogen-bond acceptors (Lipinski definition) is 5. The van der Waals surface area contributed by atoms with E-state index in [2.05, 4.69) is 13.2 Å². The maximum absolute atomic E-state index is 11.0. The lowest BCUT2D eigenvalue weighted by atomic mass is 10.4. The van der Waals surface area contributed by atoms with Crippen LogP contribution in [0.5, 0.6) is 0 Å². The molecule has 0 unspecified atom stereocenters. The van der Waals surface area contributed by atoms with E-state index >= 15 is 0 Å². The number of esters is 2. The summed E-state index contributed by atoms with van der Waals surface area (Å²) < 4.78 is 9.66. The fourth-order valence-corrected chi connectivity index (χ4v) is 0.621. The molecule has 0 heterocycles. The molecule has 0 saturated heterocycles. The summed E-state index contributed by atoms with van der Waals surface area (Å²) in [7, 11) is 1.65. The highest BCUT2D eigenvalue weighted by molar-refractivity contribution is 5.87. The van der Waals surface area contributed by atoms with Crippen LogP contribution in [0.2, 0.25) is 0 Å². The second-order valence-corrected chi connectivity index (χ2v) is 3.54. The summed E-state index contributed by atoms with van der Waals surface area (Å²) in [5, 5.41) is 0. The van der Waals surface area contributed by atoms with Gasteiger partial charge in [-0.05, 0) is 20.9 Å². The number of hydrogen-bond donors (Lipinski definition) is 0. The quantitative estimate of drug-likeness (QED) is 0.386. The predicted molar refractivity (Wildman–Crippen MR) is 59.3 cm³/mol. The van der Waals surface area contributed by atoms with Crippen molar-refractivity contribution >= 4 is 11.9 Å². The molecule has 90 valence electrons. The van der Waals surface area contributed by atoms with Crippen molar-refractivity contribution in [3.8, 4) is 0 Å². The molecule has 0 radical (unpaired) electrons. The van der Waals surface area contributed by atoms with Gasteiger partial charge in [0.05, 0.1) is 0 Å². The Bertz CT molecular complexity index is 279. The Morgan fingerprint density at radius 1 is 1.00 bits per heavy atom. The molecule has 0 aliphatic heterocycles. The third-order valence-corrected chi connectivity index (χ3v) is 1.53. The van der Waals surface area contributed by atoms with Crippen molar-refractivity contribution in [2.75, 3.05) is 20.5 Å². The monoisotopic (exact) mass is 227 g/mol. The topological polar surface area (TPSA) is 55.8 Å². The van der Waals surface area contributed by atoms with Crippen LogP contribution in [0.1, 0.15) is 13.8 Å². The van der Waals surface area contributed by atoms with Crippen molar-refractivity contribution in [2.45, 2.75) is 13.8 Å². The average molecular weight is 227 g/mol. The highest BCUT2D eigenvalue weighted by Gasteiger charge is 2.08. The van der Waals surface area contributed by atoms with Crippen molar-refractivity contribution < 1.29 is 19.1 Å². The van der Waals surface area contributed by atoms with Gasteiger partial charge in [0.25, 0.3) is 0 Å². The number of rotatable bonds is 6. The molecule has 0 aliphatic rings. The summed E-state index contributed by atoms with van der Waals surface area (Å²) in [6.07, 6.45) is 0. The predicted octanol–water partition coefficient (Wildman–Crippen LogP) is 1.07. The highest BCUT2D eigenvalue weighted by atomic mass is 16.6.